The van der Waals surface area contributed by atoms with E-state index < -0.39 is 10.0 Å². The maximum Gasteiger partial charge on any atom is 0.244 e. The lowest BCUT2D eigenvalue weighted by atomic mass is 10.4. The molecule has 0 aromatic heterocycles. The lowest BCUT2D eigenvalue weighted by Crippen LogP contribution is -2.41. The molecule has 0 aliphatic carbocycles. The van der Waals surface area contributed by atoms with E-state index in [0.717, 1.165) is 4.31 Å². The SMILES string of the molecule is CCN(CC)C(=O)CN(C)S(=O)(=O)c1ccccc1Br. The second-order valence-electron chi connectivity index (χ2n) is 4.26. The topological polar surface area (TPSA) is 57.7 Å². The Morgan fingerprint density at radius 3 is 2.25 bits per heavy atom. The average molecular weight is 363 g/mol. The van der Waals surface area contributed by atoms with E-state index in [1.54, 1.807) is 23.1 Å². The number of nitrogens with zero attached hydrogens (tertiary/aromatic N) is 2. The van der Waals surface area contributed by atoms with Crippen molar-refractivity contribution in [2.75, 3.05) is 26.7 Å². The van der Waals surface area contributed by atoms with Crippen LogP contribution in [0.25, 0.3) is 0 Å². The van der Waals surface area contributed by atoms with Gasteiger partial charge in [0.15, 0.2) is 0 Å². The van der Waals surface area contributed by atoms with Crippen molar-refractivity contribution in [3.8, 4) is 0 Å². The van der Waals surface area contributed by atoms with Gasteiger partial charge in [-0.05, 0) is 41.9 Å². The van der Waals surface area contributed by atoms with Crippen LogP contribution in [0.3, 0.4) is 0 Å². The molecule has 0 radical (unpaired) electrons. The van der Waals surface area contributed by atoms with Gasteiger partial charge in [-0.25, -0.2) is 8.42 Å². The molecule has 5 nitrogen and oxygen atoms in total. The van der Waals surface area contributed by atoms with Crippen LogP contribution in [0.1, 0.15) is 13.8 Å². The summed E-state index contributed by atoms with van der Waals surface area (Å²) < 4.78 is 26.4. The third-order valence-electron chi connectivity index (χ3n) is 3.00. The van der Waals surface area contributed by atoms with Crippen molar-refractivity contribution in [3.63, 3.8) is 0 Å². The molecule has 20 heavy (non-hydrogen) atoms. The van der Waals surface area contributed by atoms with Crippen molar-refractivity contribution >= 4 is 31.9 Å². The first kappa shape index (κ1) is 17.1. The first-order valence-corrected chi connectivity index (χ1v) is 8.56. The van der Waals surface area contributed by atoms with Gasteiger partial charge in [0.05, 0.1) is 11.4 Å². The summed E-state index contributed by atoms with van der Waals surface area (Å²) in [5.74, 6) is -0.201. The summed E-state index contributed by atoms with van der Waals surface area (Å²) in [6.45, 7) is 4.70. The van der Waals surface area contributed by atoms with E-state index in [4.69, 9.17) is 0 Å². The average Bonchev–Trinajstić information content (AvgIpc) is 2.40. The molecular weight excluding hydrogens is 344 g/mol. The first-order chi connectivity index (χ1) is 9.34. The van der Waals surface area contributed by atoms with Crippen LogP contribution in [0.4, 0.5) is 0 Å². The first-order valence-electron chi connectivity index (χ1n) is 6.33. The van der Waals surface area contributed by atoms with E-state index in [2.05, 4.69) is 15.9 Å². The van der Waals surface area contributed by atoms with E-state index in [1.807, 2.05) is 13.8 Å². The Labute approximate surface area is 128 Å². The fourth-order valence-corrected chi connectivity index (χ4v) is 3.85. The monoisotopic (exact) mass is 362 g/mol. The van der Waals surface area contributed by atoms with Crippen molar-refractivity contribution in [2.45, 2.75) is 18.7 Å². The van der Waals surface area contributed by atoms with Gasteiger partial charge in [-0.1, -0.05) is 12.1 Å². The van der Waals surface area contributed by atoms with Crippen LogP contribution in [0.15, 0.2) is 33.6 Å². The van der Waals surface area contributed by atoms with Gasteiger partial charge >= 0.3 is 0 Å². The number of carbonyl (C=O) groups excluding carboxylic acids is 1. The highest BCUT2D eigenvalue weighted by molar-refractivity contribution is 9.10. The molecule has 0 spiro atoms. The summed E-state index contributed by atoms with van der Waals surface area (Å²) in [5, 5.41) is 0. The van der Waals surface area contributed by atoms with Crippen LogP contribution in [0, 0.1) is 0 Å². The zero-order valence-electron chi connectivity index (χ0n) is 11.8. The molecule has 0 aliphatic rings. The molecule has 0 atom stereocenters. The Hall–Kier alpha value is -0.920. The molecule has 0 fully saturated rings. The number of amides is 1. The summed E-state index contributed by atoms with van der Waals surface area (Å²) in [7, 11) is -2.26. The van der Waals surface area contributed by atoms with Gasteiger partial charge in [-0.2, -0.15) is 4.31 Å². The molecule has 0 bridgehead atoms. The zero-order chi connectivity index (χ0) is 15.3. The Bertz CT molecular complexity index is 571. The van der Waals surface area contributed by atoms with Gasteiger partial charge in [0.1, 0.15) is 0 Å². The van der Waals surface area contributed by atoms with Crippen LogP contribution in [0.2, 0.25) is 0 Å². The van der Waals surface area contributed by atoms with Gasteiger partial charge in [0, 0.05) is 24.6 Å². The summed E-state index contributed by atoms with van der Waals surface area (Å²) in [6.07, 6.45) is 0. The van der Waals surface area contributed by atoms with E-state index in [-0.39, 0.29) is 17.3 Å². The molecule has 0 heterocycles. The van der Waals surface area contributed by atoms with Gasteiger partial charge in [-0.15, -0.1) is 0 Å². The van der Waals surface area contributed by atoms with Crippen molar-refractivity contribution in [3.05, 3.63) is 28.7 Å². The van der Waals surface area contributed by atoms with Crippen LogP contribution in [-0.2, 0) is 14.8 Å². The lowest BCUT2D eigenvalue weighted by Gasteiger charge is -2.23. The number of sulfonamides is 1. The van der Waals surface area contributed by atoms with Crippen molar-refractivity contribution in [2.24, 2.45) is 0 Å². The maximum absolute atomic E-state index is 12.4. The highest BCUT2D eigenvalue weighted by Gasteiger charge is 2.26. The van der Waals surface area contributed by atoms with E-state index in [1.165, 1.54) is 13.1 Å². The van der Waals surface area contributed by atoms with Crippen molar-refractivity contribution in [1.82, 2.24) is 9.21 Å². The van der Waals surface area contributed by atoms with Crippen LogP contribution < -0.4 is 0 Å². The predicted molar refractivity (Wildman–Crippen MR) is 81.9 cm³/mol. The fourth-order valence-electron chi connectivity index (χ4n) is 1.77. The molecular formula is C13H19BrN2O3S. The highest BCUT2D eigenvalue weighted by atomic mass is 79.9. The van der Waals surface area contributed by atoms with Gasteiger partial charge in [0.25, 0.3) is 0 Å². The van der Waals surface area contributed by atoms with Gasteiger partial charge in [0.2, 0.25) is 15.9 Å². The smallest absolute Gasteiger partial charge is 0.244 e. The number of benzene rings is 1. The molecule has 112 valence electrons. The largest absolute Gasteiger partial charge is 0.342 e. The maximum atomic E-state index is 12.4. The van der Waals surface area contributed by atoms with Crippen molar-refractivity contribution in [1.29, 1.82) is 0 Å². The zero-order valence-corrected chi connectivity index (χ0v) is 14.2. The quantitative estimate of drug-likeness (QED) is 0.776. The number of hydrogen-bond acceptors (Lipinski definition) is 3. The summed E-state index contributed by atoms with van der Waals surface area (Å²) >= 11 is 3.22. The number of rotatable bonds is 6. The van der Waals surface area contributed by atoms with Crippen LogP contribution in [0.5, 0.6) is 0 Å². The highest BCUT2D eigenvalue weighted by Crippen LogP contribution is 2.23. The molecule has 7 heteroatoms. The Kier molecular flexibility index (Phi) is 6.16. The molecule has 0 saturated carbocycles. The van der Waals surface area contributed by atoms with Crippen molar-refractivity contribution < 1.29 is 13.2 Å². The molecule has 1 amide bonds. The van der Waals surface area contributed by atoms with E-state index in [0.29, 0.717) is 17.6 Å². The molecule has 1 aromatic rings. The second-order valence-corrected chi connectivity index (χ2v) is 7.13. The standard InChI is InChI=1S/C13H19BrN2O3S/c1-4-16(5-2)13(17)10-15(3)20(18,19)12-9-7-6-8-11(12)14/h6-9H,4-5,10H2,1-3H3. The molecule has 1 rings (SSSR count). The van der Waals surface area contributed by atoms with Crippen LogP contribution in [-0.4, -0.2) is 50.2 Å². The molecule has 0 unspecified atom stereocenters. The number of halogens is 1. The van der Waals surface area contributed by atoms with Crippen LogP contribution >= 0.6 is 15.9 Å². The minimum atomic E-state index is -3.68. The fraction of sp³-hybridized carbons (Fsp3) is 0.462. The Morgan fingerprint density at radius 2 is 1.75 bits per heavy atom. The minimum Gasteiger partial charge on any atom is -0.342 e. The molecule has 1 aromatic carbocycles. The minimum absolute atomic E-state index is 0.161. The van der Waals surface area contributed by atoms with Gasteiger partial charge in [-0.3, -0.25) is 4.79 Å². The second kappa shape index (κ2) is 7.19. The van der Waals surface area contributed by atoms with E-state index in [9.17, 15) is 13.2 Å². The summed E-state index contributed by atoms with van der Waals surface area (Å²) in [4.78, 5) is 13.8. The lowest BCUT2D eigenvalue weighted by molar-refractivity contribution is -0.130. The predicted octanol–water partition coefficient (Wildman–Crippen LogP) is 1.94. The molecule has 0 saturated heterocycles. The molecule has 0 aliphatic heterocycles. The number of likely N-dealkylation sites (N-methyl/N-ethyl adjacent to an activating group) is 2. The summed E-state index contributed by atoms with van der Waals surface area (Å²) in [5.41, 5.74) is 0. The summed E-state index contributed by atoms with van der Waals surface area (Å²) in [6, 6.07) is 6.56. The number of hydrogen-bond donors (Lipinski definition) is 0. The number of carbonyl (C=O) groups is 1. The van der Waals surface area contributed by atoms with E-state index >= 15 is 0 Å². The third kappa shape index (κ3) is 3.80. The van der Waals surface area contributed by atoms with Gasteiger partial charge < -0.3 is 4.90 Å². The molecule has 0 N–H and O–H groups in total. The Morgan fingerprint density at radius 1 is 1.20 bits per heavy atom. The normalized spacial score (nSPS) is 11.7. The third-order valence-corrected chi connectivity index (χ3v) is 5.81. The Balaban J connectivity index is 2.94.